The van der Waals surface area contributed by atoms with E-state index < -0.39 is 0 Å². The lowest BCUT2D eigenvalue weighted by molar-refractivity contribution is 0.0845. The number of ether oxygens (including phenoxy) is 1. The van der Waals surface area contributed by atoms with Crippen LogP contribution in [-0.4, -0.2) is 57.7 Å². The maximum absolute atomic E-state index is 11.8. The molecule has 7 heteroatoms. The summed E-state index contributed by atoms with van der Waals surface area (Å²) < 4.78 is 5.68. The average molecular weight is 336 g/mol. The Morgan fingerprint density at radius 1 is 1.43 bits per heavy atom. The van der Waals surface area contributed by atoms with Gasteiger partial charge >= 0.3 is 0 Å². The number of fused-ring (bicyclic) bond motifs is 1. The van der Waals surface area contributed by atoms with Crippen molar-refractivity contribution in [2.75, 3.05) is 31.7 Å². The number of methoxy groups -OCH3 is 1. The van der Waals surface area contributed by atoms with Gasteiger partial charge in [0.25, 0.3) is 5.56 Å². The molecule has 0 aromatic carbocycles. The van der Waals surface area contributed by atoms with E-state index in [1.165, 1.54) is 18.5 Å². The molecule has 1 aliphatic rings. The number of aromatic amines is 2. The summed E-state index contributed by atoms with van der Waals surface area (Å²) in [5, 5.41) is 0. The van der Waals surface area contributed by atoms with Crippen molar-refractivity contribution >= 4 is 22.8 Å². The summed E-state index contributed by atoms with van der Waals surface area (Å²) >= 11 is 2.01. The second-order valence-electron chi connectivity index (χ2n) is 6.07. The lowest BCUT2D eigenvalue weighted by atomic mass is 10.1. The Hall–Kier alpha value is -1.31. The third kappa shape index (κ3) is 3.62. The van der Waals surface area contributed by atoms with Crippen molar-refractivity contribution in [1.82, 2.24) is 19.9 Å². The molecular formula is C16H24N4O2S. The molecule has 2 N–H and O–H groups in total. The number of thioether (sulfide) groups is 1. The number of likely N-dealkylation sites (tertiary alicyclic amines) is 1. The predicted molar refractivity (Wildman–Crippen MR) is 93.9 cm³/mol. The smallest absolute Gasteiger partial charge is 0.275 e. The number of hydrogen-bond acceptors (Lipinski definition) is 5. The number of nitrogens with one attached hydrogen (secondary N) is 2. The summed E-state index contributed by atoms with van der Waals surface area (Å²) in [6, 6.07) is 0. The van der Waals surface area contributed by atoms with E-state index in [2.05, 4.69) is 26.8 Å². The highest BCUT2D eigenvalue weighted by Crippen LogP contribution is 2.26. The minimum absolute atomic E-state index is 0.119. The van der Waals surface area contributed by atoms with Gasteiger partial charge in [0, 0.05) is 44.4 Å². The third-order valence-electron chi connectivity index (χ3n) is 4.38. The van der Waals surface area contributed by atoms with E-state index in [1.807, 2.05) is 18.0 Å². The lowest BCUT2D eigenvalue weighted by Crippen LogP contribution is -2.23. The molecular weight excluding hydrogens is 312 g/mol. The van der Waals surface area contributed by atoms with Gasteiger partial charge < -0.3 is 14.7 Å². The van der Waals surface area contributed by atoms with Gasteiger partial charge in [0.2, 0.25) is 0 Å². The van der Waals surface area contributed by atoms with Gasteiger partial charge in [-0.2, -0.15) is 11.8 Å². The molecule has 23 heavy (non-hydrogen) atoms. The van der Waals surface area contributed by atoms with E-state index in [1.54, 1.807) is 7.11 Å². The lowest BCUT2D eigenvalue weighted by Gasteiger charge is -2.15. The maximum Gasteiger partial charge on any atom is 0.275 e. The van der Waals surface area contributed by atoms with E-state index in [-0.39, 0.29) is 5.56 Å². The number of H-pyrrole nitrogens is 2. The second-order valence-corrected chi connectivity index (χ2v) is 7.22. The molecule has 0 bridgehead atoms. The SMILES string of the molecule is CCCSC[C@H]1CN(Cc2c[nH]c3c(=O)[nH]cnc23)C[C@@H]1OC. The van der Waals surface area contributed by atoms with Gasteiger partial charge in [0.05, 0.1) is 17.9 Å². The Morgan fingerprint density at radius 2 is 2.30 bits per heavy atom. The van der Waals surface area contributed by atoms with Crippen molar-refractivity contribution in [1.29, 1.82) is 0 Å². The number of hydrogen-bond donors (Lipinski definition) is 2. The zero-order valence-electron chi connectivity index (χ0n) is 13.7. The molecule has 0 spiro atoms. The van der Waals surface area contributed by atoms with Crippen LogP contribution in [0.2, 0.25) is 0 Å². The Labute approximate surface area is 140 Å². The summed E-state index contributed by atoms with van der Waals surface area (Å²) in [4.78, 5) is 24.1. The van der Waals surface area contributed by atoms with Crippen molar-refractivity contribution in [2.24, 2.45) is 5.92 Å². The molecule has 0 amide bonds. The molecule has 0 saturated carbocycles. The standard InChI is InChI=1S/C16H24N4O2S/c1-3-4-23-9-12-7-20(8-13(12)22-2)6-11-5-17-15-14(11)18-10-19-16(15)21/h5,10,12-13,17H,3-4,6-9H2,1-2H3,(H,18,19,21)/t12-,13+/m1/s1. The summed E-state index contributed by atoms with van der Waals surface area (Å²) in [5.41, 5.74) is 2.28. The first kappa shape index (κ1) is 16.5. The zero-order valence-corrected chi connectivity index (χ0v) is 14.5. The van der Waals surface area contributed by atoms with Crippen molar-refractivity contribution in [3.63, 3.8) is 0 Å². The number of aromatic nitrogens is 3. The van der Waals surface area contributed by atoms with Crippen molar-refractivity contribution in [3.05, 3.63) is 28.4 Å². The molecule has 126 valence electrons. The Bertz CT molecular complexity index is 699. The average Bonchev–Trinajstić information content (AvgIpc) is 3.13. The highest BCUT2D eigenvalue weighted by molar-refractivity contribution is 7.99. The molecule has 6 nitrogen and oxygen atoms in total. The van der Waals surface area contributed by atoms with E-state index >= 15 is 0 Å². The topological polar surface area (TPSA) is 74.0 Å². The highest BCUT2D eigenvalue weighted by Gasteiger charge is 2.32. The molecule has 2 atom stereocenters. The fourth-order valence-corrected chi connectivity index (χ4v) is 4.31. The minimum atomic E-state index is -0.119. The zero-order chi connectivity index (χ0) is 16.2. The van der Waals surface area contributed by atoms with E-state index in [4.69, 9.17) is 4.74 Å². The van der Waals surface area contributed by atoms with Crippen LogP contribution >= 0.6 is 11.8 Å². The molecule has 3 rings (SSSR count). The van der Waals surface area contributed by atoms with Gasteiger partial charge in [-0.1, -0.05) is 6.92 Å². The number of rotatable bonds is 7. The minimum Gasteiger partial charge on any atom is -0.380 e. The highest BCUT2D eigenvalue weighted by atomic mass is 32.2. The van der Waals surface area contributed by atoms with Gasteiger partial charge in [-0.25, -0.2) is 4.98 Å². The molecule has 3 heterocycles. The monoisotopic (exact) mass is 336 g/mol. The second kappa shape index (κ2) is 7.51. The summed E-state index contributed by atoms with van der Waals surface area (Å²) in [7, 11) is 1.80. The molecule has 0 radical (unpaired) electrons. The molecule has 2 aromatic heterocycles. The van der Waals surface area contributed by atoms with Crippen LogP contribution in [0.15, 0.2) is 17.3 Å². The van der Waals surface area contributed by atoms with Gasteiger partial charge in [0.15, 0.2) is 0 Å². The molecule has 0 aliphatic carbocycles. The van der Waals surface area contributed by atoms with Crippen LogP contribution in [-0.2, 0) is 11.3 Å². The van der Waals surface area contributed by atoms with Crippen LogP contribution in [0.1, 0.15) is 18.9 Å². The molecule has 1 aliphatic heterocycles. The van der Waals surface area contributed by atoms with Gasteiger partial charge in [-0.3, -0.25) is 9.69 Å². The quantitative estimate of drug-likeness (QED) is 0.755. The fourth-order valence-electron chi connectivity index (χ4n) is 3.23. The van der Waals surface area contributed by atoms with E-state index in [0.29, 0.717) is 17.5 Å². The van der Waals surface area contributed by atoms with Crippen molar-refractivity contribution in [2.45, 2.75) is 26.0 Å². The molecule has 2 aromatic rings. The van der Waals surface area contributed by atoms with Crippen LogP contribution in [0.25, 0.3) is 11.0 Å². The van der Waals surface area contributed by atoms with E-state index in [0.717, 1.165) is 36.5 Å². The predicted octanol–water partition coefficient (Wildman–Crippen LogP) is 1.84. The third-order valence-corrected chi connectivity index (χ3v) is 5.74. The van der Waals surface area contributed by atoms with Crippen LogP contribution in [0, 0.1) is 5.92 Å². The van der Waals surface area contributed by atoms with Crippen molar-refractivity contribution in [3.8, 4) is 0 Å². The normalized spacial score (nSPS) is 22.2. The molecule has 1 saturated heterocycles. The summed E-state index contributed by atoms with van der Waals surface area (Å²) in [5.74, 6) is 2.93. The van der Waals surface area contributed by atoms with Crippen molar-refractivity contribution < 1.29 is 4.74 Å². The summed E-state index contributed by atoms with van der Waals surface area (Å²) in [6.45, 7) is 4.98. The van der Waals surface area contributed by atoms with Crippen LogP contribution in [0.3, 0.4) is 0 Å². The fraction of sp³-hybridized carbons (Fsp3) is 0.625. The van der Waals surface area contributed by atoms with Gasteiger partial charge in [-0.05, 0) is 17.9 Å². The summed E-state index contributed by atoms with van der Waals surface area (Å²) in [6.07, 6.45) is 4.87. The molecule has 0 unspecified atom stereocenters. The van der Waals surface area contributed by atoms with Crippen LogP contribution in [0.5, 0.6) is 0 Å². The Balaban J connectivity index is 1.68. The first-order chi connectivity index (χ1) is 11.2. The van der Waals surface area contributed by atoms with Gasteiger partial charge in [-0.15, -0.1) is 0 Å². The maximum atomic E-state index is 11.8. The van der Waals surface area contributed by atoms with Crippen LogP contribution < -0.4 is 5.56 Å². The largest absolute Gasteiger partial charge is 0.380 e. The van der Waals surface area contributed by atoms with Crippen LogP contribution in [0.4, 0.5) is 0 Å². The first-order valence-corrected chi connectivity index (χ1v) is 9.25. The Morgan fingerprint density at radius 3 is 3.09 bits per heavy atom. The van der Waals surface area contributed by atoms with Gasteiger partial charge in [0.1, 0.15) is 5.52 Å². The first-order valence-electron chi connectivity index (χ1n) is 8.09. The number of nitrogens with zero attached hydrogens (tertiary/aromatic N) is 2. The Kier molecular flexibility index (Phi) is 5.40. The van der Waals surface area contributed by atoms with E-state index in [9.17, 15) is 4.79 Å². The molecule has 1 fully saturated rings.